The molecule has 3 aromatic rings. The molecule has 124 valence electrons. The maximum Gasteiger partial charge on any atom is 0.293 e. The molecule has 0 unspecified atom stereocenters. The maximum absolute atomic E-state index is 12.3. The zero-order chi connectivity index (χ0) is 17.1. The number of nitrogens with one attached hydrogen (secondary N) is 1. The molecule has 0 fully saturated rings. The first kappa shape index (κ1) is 16.6. The normalized spacial score (nSPS) is 10.8. The smallest absolute Gasteiger partial charge is 0.293 e. The standard InChI is InChI=1S/C16H13Cl2N3O3/c1-2-24-20-16(22)14-9-13(15-4-3-7-23-15)19-21(14)10-5-6-11(17)12(18)8-10/h3-9H,2H2,1H3,(H,20,22). The van der Waals surface area contributed by atoms with Gasteiger partial charge in [0.25, 0.3) is 5.91 Å². The summed E-state index contributed by atoms with van der Waals surface area (Å²) in [5.74, 6) is 0.104. The van der Waals surface area contributed by atoms with Crippen LogP contribution in [-0.4, -0.2) is 22.3 Å². The van der Waals surface area contributed by atoms with Crippen molar-refractivity contribution in [1.29, 1.82) is 0 Å². The predicted molar refractivity (Wildman–Crippen MR) is 90.4 cm³/mol. The lowest BCUT2D eigenvalue weighted by Crippen LogP contribution is -2.26. The number of hydroxylamine groups is 1. The van der Waals surface area contributed by atoms with Crippen molar-refractivity contribution in [1.82, 2.24) is 15.3 Å². The second-order valence-electron chi connectivity index (χ2n) is 4.77. The lowest BCUT2D eigenvalue weighted by atomic mass is 10.3. The summed E-state index contributed by atoms with van der Waals surface area (Å²) in [5.41, 5.74) is 3.72. The Morgan fingerprint density at radius 2 is 2.12 bits per heavy atom. The number of rotatable bonds is 5. The van der Waals surface area contributed by atoms with Crippen LogP contribution in [0.5, 0.6) is 0 Å². The number of carbonyl (C=O) groups is 1. The van der Waals surface area contributed by atoms with E-state index in [0.717, 1.165) is 0 Å². The van der Waals surface area contributed by atoms with E-state index in [-0.39, 0.29) is 5.69 Å². The molecule has 0 aliphatic heterocycles. The molecule has 8 heteroatoms. The number of halogens is 2. The third-order valence-corrected chi connectivity index (χ3v) is 3.91. The molecule has 1 amide bonds. The van der Waals surface area contributed by atoms with E-state index in [4.69, 9.17) is 32.5 Å². The van der Waals surface area contributed by atoms with Crippen molar-refractivity contribution in [2.24, 2.45) is 0 Å². The van der Waals surface area contributed by atoms with Crippen LogP contribution in [0, 0.1) is 0 Å². The van der Waals surface area contributed by atoms with Crippen LogP contribution in [0.3, 0.4) is 0 Å². The van der Waals surface area contributed by atoms with Crippen LogP contribution >= 0.6 is 23.2 Å². The minimum atomic E-state index is -0.437. The summed E-state index contributed by atoms with van der Waals surface area (Å²) in [6.07, 6.45) is 1.54. The fourth-order valence-electron chi connectivity index (χ4n) is 2.09. The molecule has 3 rings (SSSR count). The molecular formula is C16H13Cl2N3O3. The van der Waals surface area contributed by atoms with Gasteiger partial charge in [0.2, 0.25) is 0 Å². The molecule has 6 nitrogen and oxygen atoms in total. The fourth-order valence-corrected chi connectivity index (χ4v) is 2.38. The summed E-state index contributed by atoms with van der Waals surface area (Å²) in [4.78, 5) is 17.3. The first-order valence-corrected chi connectivity index (χ1v) is 7.87. The third kappa shape index (κ3) is 3.31. The highest BCUT2D eigenvalue weighted by atomic mass is 35.5. The highest BCUT2D eigenvalue weighted by Gasteiger charge is 2.19. The Bertz CT molecular complexity index is 860. The van der Waals surface area contributed by atoms with Gasteiger partial charge in [0.05, 0.1) is 28.6 Å². The van der Waals surface area contributed by atoms with E-state index in [1.54, 1.807) is 43.3 Å². The summed E-state index contributed by atoms with van der Waals surface area (Å²) < 4.78 is 6.79. The topological polar surface area (TPSA) is 69.3 Å². The van der Waals surface area contributed by atoms with Crippen molar-refractivity contribution in [2.45, 2.75) is 6.92 Å². The molecule has 2 aromatic heterocycles. The molecule has 0 aliphatic carbocycles. The number of hydrogen-bond donors (Lipinski definition) is 1. The Morgan fingerprint density at radius 1 is 1.29 bits per heavy atom. The molecule has 0 radical (unpaired) electrons. The van der Waals surface area contributed by atoms with Crippen LogP contribution in [0.25, 0.3) is 17.1 Å². The van der Waals surface area contributed by atoms with E-state index in [0.29, 0.717) is 33.8 Å². The third-order valence-electron chi connectivity index (χ3n) is 3.17. The summed E-state index contributed by atoms with van der Waals surface area (Å²) in [6.45, 7) is 2.11. The lowest BCUT2D eigenvalue weighted by Gasteiger charge is -2.08. The summed E-state index contributed by atoms with van der Waals surface area (Å²) >= 11 is 12.0. The van der Waals surface area contributed by atoms with Crippen molar-refractivity contribution in [3.63, 3.8) is 0 Å². The average Bonchev–Trinajstić information content (AvgIpc) is 3.24. The molecule has 0 atom stereocenters. The monoisotopic (exact) mass is 365 g/mol. The maximum atomic E-state index is 12.3. The number of carbonyl (C=O) groups excluding carboxylic acids is 1. The van der Waals surface area contributed by atoms with Crippen LogP contribution in [0.15, 0.2) is 47.1 Å². The van der Waals surface area contributed by atoms with Gasteiger partial charge in [0.15, 0.2) is 5.76 Å². The lowest BCUT2D eigenvalue weighted by molar-refractivity contribution is 0.0357. The quantitative estimate of drug-likeness (QED) is 0.690. The zero-order valence-electron chi connectivity index (χ0n) is 12.6. The molecule has 0 spiro atoms. The van der Waals surface area contributed by atoms with Gasteiger partial charge in [-0.25, -0.2) is 10.2 Å². The van der Waals surface area contributed by atoms with Crippen molar-refractivity contribution in [3.05, 3.63) is 58.4 Å². The van der Waals surface area contributed by atoms with Gasteiger partial charge in [0, 0.05) is 6.07 Å². The minimum absolute atomic E-state index is 0.272. The Kier molecular flexibility index (Phi) is 4.89. The number of aromatic nitrogens is 2. The van der Waals surface area contributed by atoms with Crippen molar-refractivity contribution in [2.75, 3.05) is 6.61 Å². The molecule has 0 aliphatic rings. The minimum Gasteiger partial charge on any atom is -0.463 e. The largest absolute Gasteiger partial charge is 0.463 e. The summed E-state index contributed by atoms with van der Waals surface area (Å²) in [6, 6.07) is 10.1. The van der Waals surface area contributed by atoms with Crippen LogP contribution < -0.4 is 5.48 Å². The van der Waals surface area contributed by atoms with Crippen LogP contribution in [-0.2, 0) is 4.84 Å². The second-order valence-corrected chi connectivity index (χ2v) is 5.58. The highest BCUT2D eigenvalue weighted by molar-refractivity contribution is 6.42. The van der Waals surface area contributed by atoms with E-state index in [2.05, 4.69) is 10.6 Å². The van der Waals surface area contributed by atoms with Gasteiger partial charge in [-0.15, -0.1) is 0 Å². The molecule has 0 bridgehead atoms. The van der Waals surface area contributed by atoms with Gasteiger partial charge in [-0.1, -0.05) is 23.2 Å². The van der Waals surface area contributed by atoms with Gasteiger partial charge in [-0.3, -0.25) is 9.63 Å². The van der Waals surface area contributed by atoms with Crippen molar-refractivity contribution < 1.29 is 14.0 Å². The molecule has 24 heavy (non-hydrogen) atoms. The average molecular weight is 366 g/mol. The van der Waals surface area contributed by atoms with Gasteiger partial charge < -0.3 is 4.42 Å². The molecule has 1 N–H and O–H groups in total. The second kappa shape index (κ2) is 7.09. The molecule has 0 saturated carbocycles. The van der Waals surface area contributed by atoms with Crippen LogP contribution in [0.1, 0.15) is 17.4 Å². The fraction of sp³-hybridized carbons (Fsp3) is 0.125. The number of nitrogens with zero attached hydrogens (tertiary/aromatic N) is 2. The van der Waals surface area contributed by atoms with E-state index in [9.17, 15) is 4.79 Å². The summed E-state index contributed by atoms with van der Waals surface area (Å²) in [5, 5.41) is 5.20. The predicted octanol–water partition coefficient (Wildman–Crippen LogP) is 4.12. The van der Waals surface area contributed by atoms with Crippen LogP contribution in [0.2, 0.25) is 10.0 Å². The first-order chi connectivity index (χ1) is 11.6. The Morgan fingerprint density at radius 3 is 2.79 bits per heavy atom. The summed E-state index contributed by atoms with van der Waals surface area (Å²) in [7, 11) is 0. The van der Waals surface area contributed by atoms with E-state index < -0.39 is 5.91 Å². The molecule has 2 heterocycles. The van der Waals surface area contributed by atoms with Gasteiger partial charge in [-0.2, -0.15) is 5.10 Å². The zero-order valence-corrected chi connectivity index (χ0v) is 14.1. The number of benzene rings is 1. The van der Waals surface area contributed by atoms with E-state index in [1.165, 1.54) is 10.9 Å². The Labute approximate surface area is 147 Å². The highest BCUT2D eigenvalue weighted by Crippen LogP contribution is 2.27. The SMILES string of the molecule is CCONC(=O)c1cc(-c2ccco2)nn1-c1ccc(Cl)c(Cl)c1. The van der Waals surface area contributed by atoms with E-state index in [1.807, 2.05) is 0 Å². The Hall–Kier alpha value is -2.28. The molecular weight excluding hydrogens is 353 g/mol. The first-order valence-electron chi connectivity index (χ1n) is 7.11. The number of furan rings is 1. The van der Waals surface area contributed by atoms with Gasteiger partial charge in [-0.05, 0) is 37.3 Å². The number of amides is 1. The number of hydrogen-bond acceptors (Lipinski definition) is 4. The van der Waals surface area contributed by atoms with Crippen LogP contribution in [0.4, 0.5) is 0 Å². The molecule has 0 saturated heterocycles. The van der Waals surface area contributed by atoms with Crippen molar-refractivity contribution >= 4 is 29.1 Å². The van der Waals surface area contributed by atoms with Gasteiger partial charge in [0.1, 0.15) is 11.4 Å². The van der Waals surface area contributed by atoms with E-state index >= 15 is 0 Å². The molecule has 1 aromatic carbocycles. The van der Waals surface area contributed by atoms with Gasteiger partial charge >= 0.3 is 0 Å². The van der Waals surface area contributed by atoms with Crippen molar-refractivity contribution in [3.8, 4) is 17.1 Å². The Balaban J connectivity index is 2.08.